The van der Waals surface area contributed by atoms with E-state index in [2.05, 4.69) is 15.0 Å². The first-order valence-corrected chi connectivity index (χ1v) is 7.86. The monoisotopic (exact) mass is 321 g/mol. The summed E-state index contributed by atoms with van der Waals surface area (Å²) in [5, 5.41) is 3.56. The van der Waals surface area contributed by atoms with Gasteiger partial charge in [-0.3, -0.25) is 9.59 Å². The van der Waals surface area contributed by atoms with E-state index in [9.17, 15) is 9.59 Å². The second-order valence-corrected chi connectivity index (χ2v) is 5.94. The van der Waals surface area contributed by atoms with E-state index in [4.69, 9.17) is 0 Å². The van der Waals surface area contributed by atoms with Gasteiger partial charge in [0.25, 0.3) is 5.56 Å². The third kappa shape index (κ3) is 2.49. The number of aromatic nitrogens is 3. The van der Waals surface area contributed by atoms with Crippen LogP contribution in [-0.4, -0.2) is 15.0 Å². The molecule has 0 saturated carbocycles. The van der Waals surface area contributed by atoms with Gasteiger partial charge in [-0.05, 0) is 23.6 Å². The average Bonchev–Trinajstić information content (AvgIpc) is 3.04. The van der Waals surface area contributed by atoms with Gasteiger partial charge in [0.2, 0.25) is 5.56 Å². The van der Waals surface area contributed by atoms with Crippen LogP contribution in [-0.2, 0) is 0 Å². The van der Waals surface area contributed by atoms with Crippen molar-refractivity contribution in [1.29, 1.82) is 0 Å². The molecule has 0 unspecified atom stereocenters. The van der Waals surface area contributed by atoms with Crippen LogP contribution in [0.2, 0.25) is 0 Å². The van der Waals surface area contributed by atoms with Crippen molar-refractivity contribution in [2.24, 2.45) is 0 Å². The smallest absolute Gasteiger partial charge is 0.257 e. The Bertz CT molecular complexity index is 1100. The number of rotatable bonds is 2. The molecule has 112 valence electrons. The molecule has 0 aliphatic carbocycles. The predicted molar refractivity (Wildman–Crippen MR) is 91.7 cm³/mol. The second kappa shape index (κ2) is 5.33. The summed E-state index contributed by atoms with van der Waals surface area (Å²) >= 11 is 1.43. The number of nitrogens with zero attached hydrogens (tertiary/aromatic N) is 1. The number of thiazole rings is 1. The number of H-pyrrole nitrogens is 2. The van der Waals surface area contributed by atoms with Gasteiger partial charge in [0.1, 0.15) is 5.01 Å². The van der Waals surface area contributed by atoms with Gasteiger partial charge in [0, 0.05) is 28.7 Å². The minimum atomic E-state index is -0.165. The molecule has 0 spiro atoms. The molecule has 4 rings (SSSR count). The maximum atomic E-state index is 12.3. The van der Waals surface area contributed by atoms with Crippen molar-refractivity contribution in [1.82, 2.24) is 15.0 Å². The van der Waals surface area contributed by atoms with Gasteiger partial charge in [-0.15, -0.1) is 11.3 Å². The fourth-order valence-electron chi connectivity index (χ4n) is 2.41. The number of nitrogens with one attached hydrogen (secondary N) is 2. The molecule has 0 amide bonds. The minimum Gasteiger partial charge on any atom is -0.328 e. The quantitative estimate of drug-likeness (QED) is 0.596. The average molecular weight is 321 g/mol. The Balaban J connectivity index is 1.82. The zero-order valence-corrected chi connectivity index (χ0v) is 12.7. The Morgan fingerprint density at radius 1 is 1.04 bits per heavy atom. The maximum absolute atomic E-state index is 12.3. The maximum Gasteiger partial charge on any atom is 0.257 e. The van der Waals surface area contributed by atoms with Crippen molar-refractivity contribution in [3.05, 3.63) is 74.7 Å². The Morgan fingerprint density at radius 3 is 2.74 bits per heavy atom. The summed E-state index contributed by atoms with van der Waals surface area (Å²) in [6.45, 7) is 0. The van der Waals surface area contributed by atoms with Crippen LogP contribution < -0.4 is 11.1 Å². The molecule has 0 bridgehead atoms. The molecule has 23 heavy (non-hydrogen) atoms. The number of hydrogen-bond acceptors (Lipinski definition) is 4. The zero-order chi connectivity index (χ0) is 15.8. The number of fused-ring (bicyclic) bond motifs is 1. The first kappa shape index (κ1) is 13.7. The van der Waals surface area contributed by atoms with Gasteiger partial charge in [0.05, 0.1) is 11.3 Å². The van der Waals surface area contributed by atoms with Crippen molar-refractivity contribution >= 4 is 22.2 Å². The molecule has 4 aromatic rings. The minimum absolute atomic E-state index is 0.156. The van der Waals surface area contributed by atoms with Crippen LogP contribution in [0.25, 0.3) is 32.7 Å². The van der Waals surface area contributed by atoms with E-state index in [1.54, 1.807) is 12.3 Å². The number of para-hydroxylation sites is 1. The van der Waals surface area contributed by atoms with Crippen LogP contribution in [0.15, 0.2) is 63.6 Å². The number of pyridine rings is 2. The number of benzene rings is 1. The summed E-state index contributed by atoms with van der Waals surface area (Å²) in [5.74, 6) is 0. The van der Waals surface area contributed by atoms with E-state index in [1.807, 2.05) is 35.7 Å². The molecule has 6 heteroatoms. The third-order valence-electron chi connectivity index (χ3n) is 3.56. The molecular formula is C17H11N3O2S. The van der Waals surface area contributed by atoms with E-state index in [1.165, 1.54) is 17.4 Å². The van der Waals surface area contributed by atoms with Gasteiger partial charge in [-0.1, -0.05) is 18.2 Å². The first-order chi connectivity index (χ1) is 11.2. The molecule has 3 aromatic heterocycles. The molecular weight excluding hydrogens is 310 g/mol. The summed E-state index contributed by atoms with van der Waals surface area (Å²) in [7, 11) is 0. The van der Waals surface area contributed by atoms with Crippen molar-refractivity contribution in [3.8, 4) is 21.8 Å². The molecule has 2 N–H and O–H groups in total. The molecule has 0 aliphatic rings. The molecule has 3 heterocycles. The van der Waals surface area contributed by atoms with Gasteiger partial charge in [0.15, 0.2) is 0 Å². The highest BCUT2D eigenvalue weighted by atomic mass is 32.1. The fourth-order valence-corrected chi connectivity index (χ4v) is 3.23. The lowest BCUT2D eigenvalue weighted by atomic mass is 10.1. The van der Waals surface area contributed by atoms with Crippen molar-refractivity contribution in [3.63, 3.8) is 0 Å². The molecule has 0 aliphatic heterocycles. The highest BCUT2D eigenvalue weighted by molar-refractivity contribution is 7.13. The van der Waals surface area contributed by atoms with Crippen LogP contribution in [0.4, 0.5) is 0 Å². The number of aromatic amines is 2. The zero-order valence-electron chi connectivity index (χ0n) is 11.9. The highest BCUT2D eigenvalue weighted by Gasteiger charge is 2.11. The van der Waals surface area contributed by atoms with Gasteiger partial charge in [-0.2, -0.15) is 0 Å². The molecule has 0 saturated heterocycles. The fraction of sp³-hybridized carbons (Fsp3) is 0. The van der Waals surface area contributed by atoms with Crippen molar-refractivity contribution in [2.75, 3.05) is 0 Å². The lowest BCUT2D eigenvalue weighted by molar-refractivity contribution is 1.23. The van der Waals surface area contributed by atoms with E-state index in [0.717, 1.165) is 21.5 Å². The lowest BCUT2D eigenvalue weighted by Gasteiger charge is -2.00. The van der Waals surface area contributed by atoms with Crippen LogP contribution in [0.1, 0.15) is 0 Å². The Labute approximate surface area is 134 Å². The second-order valence-electron chi connectivity index (χ2n) is 5.08. The number of hydrogen-bond donors (Lipinski definition) is 2. The standard InChI is InChI=1S/C17H11N3O2S/c21-15-6-5-11(8-18-15)17-20-14(9-23-17)12-7-10-3-1-2-4-13(10)19-16(12)22/h1-9H,(H,18,21)(H,19,22). The summed E-state index contributed by atoms with van der Waals surface area (Å²) in [6.07, 6.45) is 1.62. The van der Waals surface area contributed by atoms with E-state index in [-0.39, 0.29) is 11.1 Å². The van der Waals surface area contributed by atoms with E-state index >= 15 is 0 Å². The van der Waals surface area contributed by atoms with Crippen LogP contribution >= 0.6 is 11.3 Å². The molecule has 0 atom stereocenters. The van der Waals surface area contributed by atoms with Gasteiger partial charge < -0.3 is 9.97 Å². The SMILES string of the molecule is O=c1ccc(-c2nc(-c3cc4ccccc4[nH]c3=O)cs2)c[nH]1. The predicted octanol–water partition coefficient (Wildman–Crippen LogP) is 3.01. The van der Waals surface area contributed by atoms with Gasteiger partial charge >= 0.3 is 0 Å². The topological polar surface area (TPSA) is 78.6 Å². The molecule has 0 fully saturated rings. The van der Waals surface area contributed by atoms with Crippen LogP contribution in [0.3, 0.4) is 0 Å². The van der Waals surface area contributed by atoms with Crippen LogP contribution in [0, 0.1) is 0 Å². The Morgan fingerprint density at radius 2 is 1.91 bits per heavy atom. The molecule has 1 aromatic carbocycles. The van der Waals surface area contributed by atoms with Gasteiger partial charge in [-0.25, -0.2) is 4.98 Å². The third-order valence-corrected chi connectivity index (χ3v) is 4.46. The summed E-state index contributed by atoms with van der Waals surface area (Å²) < 4.78 is 0. The Kier molecular flexibility index (Phi) is 3.17. The van der Waals surface area contributed by atoms with Crippen LogP contribution in [0.5, 0.6) is 0 Å². The highest BCUT2D eigenvalue weighted by Crippen LogP contribution is 2.27. The van der Waals surface area contributed by atoms with Crippen molar-refractivity contribution < 1.29 is 0 Å². The Hall–Kier alpha value is -2.99. The molecule has 5 nitrogen and oxygen atoms in total. The largest absolute Gasteiger partial charge is 0.328 e. The first-order valence-electron chi connectivity index (χ1n) is 6.98. The van der Waals surface area contributed by atoms with E-state index in [0.29, 0.717) is 11.3 Å². The normalized spacial score (nSPS) is 11.0. The van der Waals surface area contributed by atoms with Crippen molar-refractivity contribution in [2.45, 2.75) is 0 Å². The molecule has 0 radical (unpaired) electrons. The van der Waals surface area contributed by atoms with E-state index < -0.39 is 0 Å². The summed E-state index contributed by atoms with van der Waals surface area (Å²) in [6, 6.07) is 12.6. The summed E-state index contributed by atoms with van der Waals surface area (Å²) in [4.78, 5) is 33.4. The summed E-state index contributed by atoms with van der Waals surface area (Å²) in [5.41, 5.74) is 2.47. The lowest BCUT2D eigenvalue weighted by Crippen LogP contribution is -2.08.